The van der Waals surface area contributed by atoms with Gasteiger partial charge in [0.05, 0.1) is 4.90 Å². The molecule has 2 aromatic rings. The van der Waals surface area contributed by atoms with E-state index in [0.717, 1.165) is 36.7 Å². The van der Waals surface area contributed by atoms with Crippen LogP contribution >= 0.6 is 0 Å². The summed E-state index contributed by atoms with van der Waals surface area (Å²) in [6.07, 6.45) is 3.47. The van der Waals surface area contributed by atoms with Crippen LogP contribution in [-0.2, 0) is 14.8 Å². The maximum Gasteiger partial charge on any atom is 0.240 e. The van der Waals surface area contributed by atoms with Crippen molar-refractivity contribution in [3.8, 4) is 0 Å². The first kappa shape index (κ1) is 18.4. The highest BCUT2D eigenvalue weighted by atomic mass is 32.2. The molecular weight excluding hydrogens is 362 g/mol. The highest BCUT2D eigenvalue weighted by molar-refractivity contribution is 7.89. The first-order chi connectivity index (χ1) is 13.0. The number of carbonyl (C=O) groups is 1. The zero-order valence-electron chi connectivity index (χ0n) is 15.2. The molecule has 4 rings (SSSR count). The normalized spacial score (nSPS) is 22.7. The third-order valence-electron chi connectivity index (χ3n) is 5.54. The number of nitrogens with one attached hydrogen (secondary N) is 2. The highest BCUT2D eigenvalue weighted by Crippen LogP contribution is 2.21. The summed E-state index contributed by atoms with van der Waals surface area (Å²) in [4.78, 5) is 14.6. The van der Waals surface area contributed by atoms with Gasteiger partial charge in [-0.15, -0.1) is 0 Å². The summed E-state index contributed by atoms with van der Waals surface area (Å²) in [6.45, 7) is 1.60. The Kier molecular flexibility index (Phi) is 5.16. The van der Waals surface area contributed by atoms with Gasteiger partial charge in [-0.25, -0.2) is 13.1 Å². The second-order valence-corrected chi connectivity index (χ2v) is 9.19. The van der Waals surface area contributed by atoms with E-state index in [1.807, 2.05) is 29.2 Å². The van der Waals surface area contributed by atoms with Crippen LogP contribution in [0.25, 0.3) is 10.8 Å². The topological polar surface area (TPSA) is 78.5 Å². The first-order valence-electron chi connectivity index (χ1n) is 9.53. The molecule has 0 aromatic heterocycles. The Bertz CT molecular complexity index is 944. The zero-order chi connectivity index (χ0) is 18.9. The number of likely N-dealkylation sites (tertiary alicyclic amines) is 1. The van der Waals surface area contributed by atoms with Gasteiger partial charge in [0.15, 0.2) is 0 Å². The van der Waals surface area contributed by atoms with Crippen molar-refractivity contribution in [3.05, 3.63) is 42.5 Å². The third-order valence-corrected chi connectivity index (χ3v) is 7.00. The molecule has 2 aromatic carbocycles. The largest absolute Gasteiger partial charge is 0.341 e. The smallest absolute Gasteiger partial charge is 0.240 e. The summed E-state index contributed by atoms with van der Waals surface area (Å²) in [7, 11) is -3.63. The third kappa shape index (κ3) is 4.15. The molecule has 7 heteroatoms. The number of hydrogen-bond acceptors (Lipinski definition) is 4. The Morgan fingerprint density at radius 1 is 1.07 bits per heavy atom. The molecule has 2 aliphatic rings. The van der Waals surface area contributed by atoms with Crippen LogP contribution < -0.4 is 10.0 Å². The molecule has 2 aliphatic heterocycles. The van der Waals surface area contributed by atoms with Crippen molar-refractivity contribution in [3.63, 3.8) is 0 Å². The lowest BCUT2D eigenvalue weighted by Crippen LogP contribution is -2.40. The van der Waals surface area contributed by atoms with E-state index in [1.165, 1.54) is 6.42 Å². The van der Waals surface area contributed by atoms with Crippen LogP contribution in [0.15, 0.2) is 47.4 Å². The number of amides is 1. The number of hydrogen-bond donors (Lipinski definition) is 2. The van der Waals surface area contributed by atoms with Crippen molar-refractivity contribution in [2.45, 2.75) is 42.7 Å². The average Bonchev–Trinajstić information content (AvgIpc) is 2.99. The number of fused-ring (bicyclic) bond motifs is 3. The van der Waals surface area contributed by atoms with E-state index in [4.69, 9.17) is 0 Å². The van der Waals surface area contributed by atoms with Crippen molar-refractivity contribution in [2.75, 3.05) is 19.6 Å². The Labute approximate surface area is 160 Å². The first-order valence-corrected chi connectivity index (χ1v) is 11.0. The lowest BCUT2D eigenvalue weighted by Gasteiger charge is -2.24. The molecule has 6 nitrogen and oxygen atoms in total. The van der Waals surface area contributed by atoms with Crippen molar-refractivity contribution in [2.24, 2.45) is 0 Å². The highest BCUT2D eigenvalue weighted by Gasteiger charge is 2.30. The van der Waals surface area contributed by atoms with Gasteiger partial charge in [0.2, 0.25) is 15.9 Å². The van der Waals surface area contributed by atoms with E-state index in [1.54, 1.807) is 18.2 Å². The molecule has 0 radical (unpaired) electrons. The Balaban J connectivity index is 1.35. The maximum atomic E-state index is 12.5. The Morgan fingerprint density at radius 2 is 1.85 bits per heavy atom. The van der Waals surface area contributed by atoms with E-state index < -0.39 is 10.0 Å². The summed E-state index contributed by atoms with van der Waals surface area (Å²) in [5.74, 6) is 0.0190. The van der Waals surface area contributed by atoms with Gasteiger partial charge in [-0.05, 0) is 42.2 Å². The van der Waals surface area contributed by atoms with Gasteiger partial charge in [-0.3, -0.25) is 4.79 Å². The molecule has 2 heterocycles. The maximum absolute atomic E-state index is 12.5. The lowest BCUT2D eigenvalue weighted by molar-refractivity contribution is -0.131. The minimum atomic E-state index is -3.63. The van der Waals surface area contributed by atoms with Crippen molar-refractivity contribution in [1.82, 2.24) is 14.9 Å². The molecule has 27 heavy (non-hydrogen) atoms. The molecule has 2 N–H and O–H groups in total. The predicted octanol–water partition coefficient (Wildman–Crippen LogP) is 1.86. The van der Waals surface area contributed by atoms with E-state index in [0.29, 0.717) is 12.1 Å². The fraction of sp³-hybridized carbons (Fsp3) is 0.450. The minimum Gasteiger partial charge on any atom is -0.341 e. The van der Waals surface area contributed by atoms with Crippen LogP contribution in [0.5, 0.6) is 0 Å². The predicted molar refractivity (Wildman–Crippen MR) is 105 cm³/mol. The summed E-state index contributed by atoms with van der Waals surface area (Å²) < 4.78 is 27.7. The Morgan fingerprint density at radius 3 is 2.70 bits per heavy atom. The quantitative estimate of drug-likeness (QED) is 0.821. The van der Waals surface area contributed by atoms with Crippen LogP contribution in [0.2, 0.25) is 0 Å². The van der Waals surface area contributed by atoms with Gasteiger partial charge in [-0.1, -0.05) is 30.3 Å². The van der Waals surface area contributed by atoms with Crippen molar-refractivity contribution < 1.29 is 13.2 Å². The molecule has 0 aliphatic carbocycles. The van der Waals surface area contributed by atoms with E-state index in [2.05, 4.69) is 10.0 Å². The summed E-state index contributed by atoms with van der Waals surface area (Å²) in [5, 5.41) is 5.42. The standard InChI is InChI=1S/C20H25N3O3S/c24-20(23-12-10-17-6-7-18(14-23)22-17)9-11-21-27(25,26)19-8-5-15-3-1-2-4-16(15)13-19/h1-5,8,13,17-18,21-22H,6-7,9-12,14H2. The minimum absolute atomic E-state index is 0.0190. The summed E-state index contributed by atoms with van der Waals surface area (Å²) in [5.41, 5.74) is 0. The number of nitrogens with zero attached hydrogens (tertiary/aromatic N) is 1. The second-order valence-electron chi connectivity index (χ2n) is 7.42. The molecule has 2 saturated heterocycles. The van der Waals surface area contributed by atoms with E-state index in [-0.39, 0.29) is 23.8 Å². The van der Waals surface area contributed by atoms with E-state index >= 15 is 0 Å². The molecular formula is C20H25N3O3S. The van der Waals surface area contributed by atoms with Gasteiger partial charge in [0.25, 0.3) is 0 Å². The van der Waals surface area contributed by atoms with Gasteiger partial charge in [0.1, 0.15) is 0 Å². The monoisotopic (exact) mass is 387 g/mol. The number of benzene rings is 2. The molecule has 2 atom stereocenters. The van der Waals surface area contributed by atoms with Gasteiger partial charge < -0.3 is 10.2 Å². The van der Waals surface area contributed by atoms with Crippen LogP contribution in [0, 0.1) is 0 Å². The molecule has 1 amide bonds. The average molecular weight is 388 g/mol. The van der Waals surface area contributed by atoms with Crippen LogP contribution in [0.1, 0.15) is 25.7 Å². The van der Waals surface area contributed by atoms with Crippen LogP contribution in [-0.4, -0.2) is 50.9 Å². The fourth-order valence-electron chi connectivity index (χ4n) is 4.04. The molecule has 2 unspecified atom stereocenters. The summed E-state index contributed by atoms with van der Waals surface area (Å²) in [6, 6.07) is 13.6. The van der Waals surface area contributed by atoms with Gasteiger partial charge >= 0.3 is 0 Å². The van der Waals surface area contributed by atoms with Gasteiger partial charge in [-0.2, -0.15) is 0 Å². The van der Waals surface area contributed by atoms with Crippen molar-refractivity contribution in [1.29, 1.82) is 0 Å². The zero-order valence-corrected chi connectivity index (χ0v) is 16.0. The van der Waals surface area contributed by atoms with Gasteiger partial charge in [0, 0.05) is 38.1 Å². The van der Waals surface area contributed by atoms with E-state index in [9.17, 15) is 13.2 Å². The molecule has 0 spiro atoms. The molecule has 2 bridgehead atoms. The van der Waals surface area contributed by atoms with Crippen LogP contribution in [0.4, 0.5) is 0 Å². The number of carbonyl (C=O) groups excluding carboxylic acids is 1. The SMILES string of the molecule is O=C(CCNS(=O)(=O)c1ccc2ccccc2c1)N1CCC2CCC(C1)N2. The molecule has 0 saturated carbocycles. The molecule has 144 valence electrons. The second kappa shape index (κ2) is 7.58. The van der Waals surface area contributed by atoms with Crippen LogP contribution in [0.3, 0.4) is 0 Å². The number of rotatable bonds is 5. The summed E-state index contributed by atoms with van der Waals surface area (Å²) >= 11 is 0. The fourth-order valence-corrected chi connectivity index (χ4v) is 5.10. The molecule has 2 fully saturated rings. The Hall–Kier alpha value is -1.96. The lowest BCUT2D eigenvalue weighted by atomic mass is 10.1. The van der Waals surface area contributed by atoms with Crippen molar-refractivity contribution >= 4 is 26.7 Å². The number of sulfonamides is 1.